The van der Waals surface area contributed by atoms with Crippen LogP contribution in [-0.2, 0) is 17.6 Å². The Morgan fingerprint density at radius 1 is 1.09 bits per heavy atom. The number of aliphatic hydroxyl groups excluding tert-OH is 4. The van der Waals surface area contributed by atoms with Crippen molar-refractivity contribution in [1.29, 1.82) is 0 Å². The highest BCUT2D eigenvalue weighted by Gasteiger charge is 2.45. The summed E-state index contributed by atoms with van der Waals surface area (Å²) in [6.07, 6.45) is -4.99. The summed E-state index contributed by atoms with van der Waals surface area (Å²) in [5, 5.41) is 40.2. The maximum Gasteiger partial charge on any atom is 0.229 e. The largest absolute Gasteiger partial charge is 0.492 e. The van der Waals surface area contributed by atoms with E-state index in [1.807, 2.05) is 18.2 Å². The lowest BCUT2D eigenvalue weighted by atomic mass is 9.76. The lowest BCUT2D eigenvalue weighted by Gasteiger charge is -2.42. The molecule has 32 heavy (non-hydrogen) atoms. The first-order valence-corrected chi connectivity index (χ1v) is 10.9. The van der Waals surface area contributed by atoms with Crippen LogP contribution in [0.2, 0.25) is 0 Å². The Morgan fingerprint density at radius 3 is 2.62 bits per heavy atom. The number of rotatable bonds is 4. The van der Waals surface area contributed by atoms with Crippen LogP contribution >= 0.6 is 0 Å². The molecule has 0 amide bonds. The second-order valence-electron chi connectivity index (χ2n) is 8.78. The second kappa shape index (κ2) is 8.30. The standard InChI is InChI=1S/C24H29NO7/c1-25-8-7-13-10-16(31-24-22(29)21(28)20(27)17(11-26)32-24)23(30-2)19-14-6-4-3-5-12(14)9-15(25)18(13)19/h3-6,10,15,17,20-22,24,26-29H,7-9,11H2,1-2H3/t15-,17-,20-,21+,22-,24-/m1/s1. The predicted octanol–water partition coefficient (Wildman–Crippen LogP) is 0.626. The van der Waals surface area contributed by atoms with Crippen LogP contribution in [0.4, 0.5) is 0 Å². The maximum atomic E-state index is 10.5. The van der Waals surface area contributed by atoms with E-state index in [4.69, 9.17) is 14.2 Å². The topological polar surface area (TPSA) is 112 Å². The normalized spacial score (nSPS) is 31.6. The maximum absolute atomic E-state index is 10.5. The Hall–Kier alpha value is -2.20. The van der Waals surface area contributed by atoms with E-state index >= 15 is 0 Å². The molecule has 0 radical (unpaired) electrons. The Kier molecular flexibility index (Phi) is 5.61. The van der Waals surface area contributed by atoms with Crippen molar-refractivity contribution in [1.82, 2.24) is 4.90 Å². The minimum absolute atomic E-state index is 0.235. The number of hydrogen-bond acceptors (Lipinski definition) is 8. The van der Waals surface area contributed by atoms with Crippen LogP contribution in [0.5, 0.6) is 11.5 Å². The average Bonchev–Trinajstić information content (AvgIpc) is 2.81. The molecule has 0 bridgehead atoms. The van der Waals surface area contributed by atoms with Gasteiger partial charge < -0.3 is 34.6 Å². The van der Waals surface area contributed by atoms with Crippen molar-refractivity contribution in [2.24, 2.45) is 0 Å². The first-order chi connectivity index (χ1) is 15.4. The van der Waals surface area contributed by atoms with Gasteiger partial charge in [0.15, 0.2) is 11.5 Å². The number of hydrogen-bond donors (Lipinski definition) is 4. The van der Waals surface area contributed by atoms with Crippen LogP contribution in [0.25, 0.3) is 11.1 Å². The molecular formula is C24H29NO7. The smallest absolute Gasteiger partial charge is 0.229 e. The number of methoxy groups -OCH3 is 1. The number of fused-ring (bicyclic) bond motifs is 2. The van der Waals surface area contributed by atoms with Gasteiger partial charge in [0, 0.05) is 18.2 Å². The Morgan fingerprint density at radius 2 is 1.88 bits per heavy atom. The van der Waals surface area contributed by atoms with Gasteiger partial charge in [0.1, 0.15) is 24.4 Å². The highest BCUT2D eigenvalue weighted by atomic mass is 16.7. The minimum atomic E-state index is -1.51. The van der Waals surface area contributed by atoms with Crippen LogP contribution in [0, 0.1) is 0 Å². The number of likely N-dealkylation sites (N-methyl/N-ethyl adjacent to an activating group) is 1. The Bertz CT molecular complexity index is 1010. The third kappa shape index (κ3) is 3.30. The van der Waals surface area contributed by atoms with Gasteiger partial charge in [-0.1, -0.05) is 24.3 Å². The molecule has 1 fully saturated rings. The zero-order valence-electron chi connectivity index (χ0n) is 18.1. The van der Waals surface area contributed by atoms with E-state index in [2.05, 4.69) is 24.1 Å². The van der Waals surface area contributed by atoms with E-state index < -0.39 is 37.3 Å². The number of ether oxygens (including phenoxy) is 3. The molecule has 5 rings (SSSR count). The molecule has 3 aliphatic rings. The van der Waals surface area contributed by atoms with Crippen molar-refractivity contribution >= 4 is 0 Å². The SMILES string of the molecule is COc1c(O[C@@H]2O[C@H](CO)[C@@H](O)[C@H](O)[C@H]2O)cc2c3c1-c1ccccc1C[C@H]3N(C)CC2. The molecule has 2 aromatic rings. The molecule has 0 unspecified atom stereocenters. The van der Waals surface area contributed by atoms with E-state index in [1.54, 1.807) is 7.11 Å². The van der Waals surface area contributed by atoms with Crippen LogP contribution in [0.3, 0.4) is 0 Å². The third-order valence-corrected chi connectivity index (χ3v) is 6.97. The molecule has 1 aliphatic carbocycles. The molecule has 1 saturated heterocycles. The molecule has 172 valence electrons. The molecule has 0 aromatic heterocycles. The lowest BCUT2D eigenvalue weighted by Crippen LogP contribution is -2.60. The average molecular weight is 443 g/mol. The zero-order valence-corrected chi connectivity index (χ0v) is 18.1. The summed E-state index contributed by atoms with van der Waals surface area (Å²) in [5.74, 6) is 0.929. The number of nitrogens with zero attached hydrogens (tertiary/aromatic N) is 1. The Labute approximate surface area is 186 Å². The molecule has 2 aliphatic heterocycles. The van der Waals surface area contributed by atoms with Gasteiger partial charge in [-0.3, -0.25) is 4.90 Å². The molecular weight excluding hydrogens is 414 g/mol. The van der Waals surface area contributed by atoms with Gasteiger partial charge in [-0.25, -0.2) is 0 Å². The van der Waals surface area contributed by atoms with Crippen molar-refractivity contribution in [3.8, 4) is 22.6 Å². The van der Waals surface area contributed by atoms with Gasteiger partial charge in [0.05, 0.1) is 13.7 Å². The highest BCUT2D eigenvalue weighted by molar-refractivity contribution is 5.83. The first kappa shape index (κ1) is 21.6. The van der Waals surface area contributed by atoms with E-state index in [0.29, 0.717) is 11.5 Å². The third-order valence-electron chi connectivity index (χ3n) is 6.97. The van der Waals surface area contributed by atoms with Gasteiger partial charge in [0.25, 0.3) is 0 Å². The fourth-order valence-corrected chi connectivity index (χ4v) is 5.22. The van der Waals surface area contributed by atoms with Crippen molar-refractivity contribution in [3.63, 3.8) is 0 Å². The predicted molar refractivity (Wildman–Crippen MR) is 116 cm³/mol. The molecule has 0 saturated carbocycles. The van der Waals surface area contributed by atoms with Crippen LogP contribution in [-0.4, -0.2) is 83.3 Å². The molecule has 2 heterocycles. The molecule has 2 aromatic carbocycles. The van der Waals surface area contributed by atoms with Crippen LogP contribution in [0.1, 0.15) is 22.7 Å². The first-order valence-electron chi connectivity index (χ1n) is 10.9. The Balaban J connectivity index is 1.62. The molecule has 0 spiro atoms. The van der Waals surface area contributed by atoms with E-state index in [-0.39, 0.29) is 6.04 Å². The van der Waals surface area contributed by atoms with Gasteiger partial charge in [-0.05, 0) is 48.2 Å². The fraction of sp³-hybridized carbons (Fsp3) is 0.500. The van der Waals surface area contributed by atoms with E-state index in [1.165, 1.54) is 11.1 Å². The van der Waals surface area contributed by atoms with Gasteiger partial charge in [-0.2, -0.15) is 0 Å². The summed E-state index contributed by atoms with van der Waals surface area (Å²) >= 11 is 0. The summed E-state index contributed by atoms with van der Waals surface area (Å²) in [6, 6.07) is 10.4. The summed E-state index contributed by atoms with van der Waals surface area (Å²) in [6.45, 7) is 0.393. The second-order valence-corrected chi connectivity index (χ2v) is 8.78. The summed E-state index contributed by atoms with van der Waals surface area (Å²) < 4.78 is 17.5. The summed E-state index contributed by atoms with van der Waals surface area (Å²) in [7, 11) is 3.72. The minimum Gasteiger partial charge on any atom is -0.492 e. The fourth-order valence-electron chi connectivity index (χ4n) is 5.22. The molecule has 6 atom stereocenters. The monoisotopic (exact) mass is 443 g/mol. The van der Waals surface area contributed by atoms with Crippen molar-refractivity contribution in [2.75, 3.05) is 27.3 Å². The summed E-state index contributed by atoms with van der Waals surface area (Å²) in [4.78, 5) is 2.36. The van der Waals surface area contributed by atoms with Crippen LogP contribution < -0.4 is 9.47 Å². The number of benzene rings is 2. The number of aliphatic hydroxyl groups is 4. The lowest BCUT2D eigenvalue weighted by molar-refractivity contribution is -0.277. The quantitative estimate of drug-likeness (QED) is 0.545. The van der Waals surface area contributed by atoms with E-state index in [9.17, 15) is 20.4 Å². The van der Waals surface area contributed by atoms with Crippen LogP contribution in [0.15, 0.2) is 30.3 Å². The van der Waals surface area contributed by atoms with E-state index in [0.717, 1.165) is 36.1 Å². The van der Waals surface area contributed by atoms with Gasteiger partial charge in [0.2, 0.25) is 6.29 Å². The summed E-state index contributed by atoms with van der Waals surface area (Å²) in [5.41, 5.74) is 5.68. The molecule has 4 N–H and O–H groups in total. The van der Waals surface area contributed by atoms with Crippen molar-refractivity contribution in [2.45, 2.75) is 49.6 Å². The van der Waals surface area contributed by atoms with Crippen molar-refractivity contribution < 1.29 is 34.6 Å². The zero-order chi connectivity index (χ0) is 22.6. The van der Waals surface area contributed by atoms with Crippen molar-refractivity contribution in [3.05, 3.63) is 47.0 Å². The van der Waals surface area contributed by atoms with Gasteiger partial charge in [-0.15, -0.1) is 0 Å². The molecule has 8 nitrogen and oxygen atoms in total. The molecule has 8 heteroatoms. The highest BCUT2D eigenvalue weighted by Crippen LogP contribution is 2.52. The van der Waals surface area contributed by atoms with Gasteiger partial charge >= 0.3 is 0 Å².